The van der Waals surface area contributed by atoms with Crippen molar-refractivity contribution in [3.63, 3.8) is 0 Å². The topological polar surface area (TPSA) is 67.3 Å². The van der Waals surface area contributed by atoms with Crippen molar-refractivity contribution in [1.82, 2.24) is 4.90 Å². The molecule has 0 aromatic heterocycles. The number of carbonyl (C=O) groups is 2. The maximum atomic E-state index is 14.1. The second kappa shape index (κ2) is 10.1. The van der Waals surface area contributed by atoms with Gasteiger partial charge >= 0.3 is 18.2 Å². The maximum absolute atomic E-state index is 14.1. The molecule has 1 N–H and O–H groups in total. The number of urea groups is 2. The minimum absolute atomic E-state index is 0.0315. The van der Waals surface area contributed by atoms with E-state index in [0.717, 1.165) is 34.0 Å². The number of β-amino-alcohol motifs (C(OH)–C–C–N with tert-alkyl or cyclic N) is 1. The third-order valence-electron chi connectivity index (χ3n) is 6.79. The summed E-state index contributed by atoms with van der Waals surface area (Å²) in [4.78, 5) is 33.5. The van der Waals surface area contributed by atoms with E-state index >= 15 is 0 Å². The van der Waals surface area contributed by atoms with Gasteiger partial charge in [0.1, 0.15) is 0 Å². The first-order valence-electron chi connectivity index (χ1n) is 12.4. The number of para-hydroxylation sites is 1. The molecule has 10 heteroatoms. The number of hydrogen-bond donors (Lipinski definition) is 1. The first-order valence-corrected chi connectivity index (χ1v) is 12.4. The van der Waals surface area contributed by atoms with Gasteiger partial charge in [0, 0.05) is 26.2 Å². The van der Waals surface area contributed by atoms with E-state index in [9.17, 15) is 27.9 Å². The van der Waals surface area contributed by atoms with Gasteiger partial charge < -0.3 is 5.11 Å². The standard InChI is InChI=1S/C28H27F3N4O3/c1-2-33-24-12-11-20(28(29,30)31)16-25(24)34(21-8-4-3-5-9-21)27(38)35(26(33)37)22-10-6-7-19(15-22)17-32-14-13-23(36)18-32/h3-12,15-16,23,36H,2,13-14,17-18H2,1H3. The van der Waals surface area contributed by atoms with E-state index in [0.29, 0.717) is 30.9 Å². The zero-order chi connectivity index (χ0) is 27.0. The van der Waals surface area contributed by atoms with Gasteiger partial charge in [0.2, 0.25) is 0 Å². The Hall–Kier alpha value is -3.89. The average molecular weight is 525 g/mol. The smallest absolute Gasteiger partial charge is 0.392 e. The van der Waals surface area contributed by atoms with Crippen LogP contribution in [0.4, 0.5) is 45.5 Å². The van der Waals surface area contributed by atoms with Crippen LogP contribution in [-0.4, -0.2) is 47.8 Å². The Morgan fingerprint density at radius 1 is 0.868 bits per heavy atom. The number of fused-ring (bicyclic) bond motifs is 1. The number of likely N-dealkylation sites (tertiary alicyclic amines) is 1. The molecule has 0 aliphatic carbocycles. The van der Waals surface area contributed by atoms with Crippen LogP contribution < -0.4 is 14.7 Å². The summed E-state index contributed by atoms with van der Waals surface area (Å²) in [6.07, 6.45) is -4.34. The summed E-state index contributed by atoms with van der Waals surface area (Å²) >= 11 is 0. The van der Waals surface area contributed by atoms with Crippen LogP contribution in [0.5, 0.6) is 0 Å². The van der Waals surface area contributed by atoms with E-state index in [2.05, 4.69) is 4.90 Å². The highest BCUT2D eigenvalue weighted by Crippen LogP contribution is 2.43. The van der Waals surface area contributed by atoms with E-state index in [1.165, 1.54) is 11.0 Å². The fraction of sp³-hybridized carbons (Fsp3) is 0.286. The number of rotatable bonds is 5. The molecule has 1 atom stereocenters. The number of alkyl halides is 3. The fourth-order valence-electron chi connectivity index (χ4n) is 4.98. The Kier molecular flexibility index (Phi) is 6.85. The molecule has 38 heavy (non-hydrogen) atoms. The molecule has 3 aromatic rings. The van der Waals surface area contributed by atoms with Gasteiger partial charge in [-0.25, -0.2) is 14.5 Å². The number of hydrogen-bond acceptors (Lipinski definition) is 4. The maximum Gasteiger partial charge on any atom is 0.416 e. The van der Waals surface area contributed by atoms with Gasteiger partial charge in [0.15, 0.2) is 0 Å². The predicted octanol–water partition coefficient (Wildman–Crippen LogP) is 6.00. The Morgan fingerprint density at radius 2 is 1.61 bits per heavy atom. The van der Waals surface area contributed by atoms with Crippen molar-refractivity contribution in [2.45, 2.75) is 32.2 Å². The quantitative estimate of drug-likeness (QED) is 0.445. The third kappa shape index (κ3) is 4.84. The van der Waals surface area contributed by atoms with E-state index in [4.69, 9.17) is 0 Å². The largest absolute Gasteiger partial charge is 0.416 e. The van der Waals surface area contributed by atoms with E-state index in [1.54, 1.807) is 55.5 Å². The first kappa shape index (κ1) is 25.7. The summed E-state index contributed by atoms with van der Waals surface area (Å²) in [5, 5.41) is 9.87. The highest BCUT2D eigenvalue weighted by molar-refractivity contribution is 6.28. The molecule has 2 aliphatic rings. The second-order valence-electron chi connectivity index (χ2n) is 9.36. The SMILES string of the molecule is CCN1C(=O)N(c2cccc(CN3CCC(O)C3)c2)C(=O)N(c2ccccc2)c2cc(C(F)(F)F)ccc21. The number of aliphatic hydroxyl groups excluding tert-OH is 1. The zero-order valence-electron chi connectivity index (χ0n) is 20.7. The van der Waals surface area contributed by atoms with E-state index in [1.807, 2.05) is 6.07 Å². The first-order chi connectivity index (χ1) is 18.2. The van der Waals surface area contributed by atoms with Crippen LogP contribution in [0.2, 0.25) is 0 Å². The predicted molar refractivity (Wildman–Crippen MR) is 139 cm³/mol. The van der Waals surface area contributed by atoms with Crippen LogP contribution >= 0.6 is 0 Å². The Bertz CT molecular complexity index is 1350. The lowest BCUT2D eigenvalue weighted by molar-refractivity contribution is -0.137. The lowest BCUT2D eigenvalue weighted by Crippen LogP contribution is -2.48. The van der Waals surface area contributed by atoms with Crippen LogP contribution in [0, 0.1) is 0 Å². The lowest BCUT2D eigenvalue weighted by atomic mass is 10.1. The summed E-state index contributed by atoms with van der Waals surface area (Å²) in [6, 6.07) is 16.9. The van der Waals surface area contributed by atoms with Gasteiger partial charge in [0.05, 0.1) is 34.4 Å². The monoisotopic (exact) mass is 524 g/mol. The van der Waals surface area contributed by atoms with Crippen LogP contribution in [0.3, 0.4) is 0 Å². The van der Waals surface area contributed by atoms with Crippen molar-refractivity contribution >= 4 is 34.8 Å². The number of benzene rings is 3. The molecule has 4 amide bonds. The number of halogens is 3. The molecule has 1 unspecified atom stereocenters. The highest BCUT2D eigenvalue weighted by Gasteiger charge is 2.41. The van der Waals surface area contributed by atoms with Crippen LogP contribution in [0.15, 0.2) is 72.8 Å². The Labute approximate surface area is 218 Å². The number of nitrogens with zero attached hydrogens (tertiary/aromatic N) is 4. The Morgan fingerprint density at radius 3 is 2.26 bits per heavy atom. The minimum atomic E-state index is -4.63. The summed E-state index contributed by atoms with van der Waals surface area (Å²) < 4.78 is 41.1. The zero-order valence-corrected chi connectivity index (χ0v) is 20.7. The highest BCUT2D eigenvalue weighted by atomic mass is 19.4. The van der Waals surface area contributed by atoms with Crippen LogP contribution in [0.1, 0.15) is 24.5 Å². The van der Waals surface area contributed by atoms with Crippen molar-refractivity contribution in [2.24, 2.45) is 0 Å². The normalized spacial score (nSPS) is 18.7. The van der Waals surface area contributed by atoms with Crippen molar-refractivity contribution in [2.75, 3.05) is 34.3 Å². The number of amides is 4. The molecule has 1 saturated heterocycles. The molecule has 0 saturated carbocycles. The number of anilines is 4. The van der Waals surface area contributed by atoms with E-state index < -0.39 is 23.8 Å². The molecule has 1 fully saturated rings. The molecule has 2 heterocycles. The number of imide groups is 1. The average Bonchev–Trinajstić information content (AvgIpc) is 3.26. The van der Waals surface area contributed by atoms with Crippen molar-refractivity contribution in [1.29, 1.82) is 0 Å². The van der Waals surface area contributed by atoms with E-state index in [-0.39, 0.29) is 24.0 Å². The summed E-state index contributed by atoms with van der Waals surface area (Å²) in [7, 11) is 0. The number of aliphatic hydroxyl groups is 1. The molecule has 0 bridgehead atoms. The molecular weight excluding hydrogens is 497 g/mol. The molecule has 198 valence electrons. The molecular formula is C28H27F3N4O3. The lowest BCUT2D eigenvalue weighted by Gasteiger charge is -2.27. The molecule has 0 spiro atoms. The molecule has 5 rings (SSSR count). The van der Waals surface area contributed by atoms with Crippen LogP contribution in [0.25, 0.3) is 0 Å². The van der Waals surface area contributed by atoms with Gasteiger partial charge in [-0.15, -0.1) is 0 Å². The fourth-order valence-corrected chi connectivity index (χ4v) is 4.98. The summed E-state index contributed by atoms with van der Waals surface area (Å²) in [6.45, 7) is 3.63. The van der Waals surface area contributed by atoms with Crippen molar-refractivity contribution in [3.05, 3.63) is 83.9 Å². The van der Waals surface area contributed by atoms with Crippen molar-refractivity contribution < 1.29 is 27.9 Å². The van der Waals surface area contributed by atoms with Gasteiger partial charge in [-0.1, -0.05) is 30.3 Å². The van der Waals surface area contributed by atoms with Gasteiger partial charge in [0.25, 0.3) is 0 Å². The Balaban J connectivity index is 1.63. The number of carbonyl (C=O) groups excluding carboxylic acids is 2. The third-order valence-corrected chi connectivity index (χ3v) is 6.79. The molecule has 2 aliphatic heterocycles. The summed E-state index contributed by atoms with van der Waals surface area (Å²) in [5.74, 6) is 0. The van der Waals surface area contributed by atoms with Crippen molar-refractivity contribution in [3.8, 4) is 0 Å². The molecule has 7 nitrogen and oxygen atoms in total. The van der Waals surface area contributed by atoms with Gasteiger partial charge in [-0.2, -0.15) is 13.2 Å². The van der Waals surface area contributed by atoms with Crippen LogP contribution in [-0.2, 0) is 12.7 Å². The minimum Gasteiger partial charge on any atom is -0.392 e. The molecule has 0 radical (unpaired) electrons. The van der Waals surface area contributed by atoms with Gasteiger partial charge in [-0.3, -0.25) is 14.7 Å². The summed E-state index contributed by atoms with van der Waals surface area (Å²) in [5.41, 5.74) is 0.726. The molecule has 3 aromatic carbocycles. The second-order valence-corrected chi connectivity index (χ2v) is 9.36. The van der Waals surface area contributed by atoms with Gasteiger partial charge in [-0.05, 0) is 61.4 Å².